The molecule has 0 radical (unpaired) electrons. The zero-order valence-electron chi connectivity index (χ0n) is 9.74. The van der Waals surface area contributed by atoms with Crippen LogP contribution in [0.5, 0.6) is 0 Å². The van der Waals surface area contributed by atoms with Crippen LogP contribution in [0.4, 0.5) is 0 Å². The number of hydrogen-bond acceptors (Lipinski definition) is 3. The van der Waals surface area contributed by atoms with Crippen LogP contribution in [0.15, 0.2) is 30.5 Å². The molecule has 0 amide bonds. The van der Waals surface area contributed by atoms with E-state index in [1.54, 1.807) is 31.3 Å². The van der Waals surface area contributed by atoms with Gasteiger partial charge in [0, 0.05) is 23.1 Å². The molecule has 0 aliphatic heterocycles. The second-order valence-electron chi connectivity index (χ2n) is 3.50. The molecule has 0 unspecified atom stereocenters. The zero-order chi connectivity index (χ0) is 13.0. The summed E-state index contributed by atoms with van der Waals surface area (Å²) in [4.78, 5) is 15.3. The van der Waals surface area contributed by atoms with Crippen molar-refractivity contribution in [2.45, 2.75) is 6.92 Å². The van der Waals surface area contributed by atoms with Crippen molar-refractivity contribution in [3.63, 3.8) is 0 Å². The highest BCUT2D eigenvalue weighted by molar-refractivity contribution is 6.35. The Kier molecular flexibility index (Phi) is 3.81. The highest BCUT2D eigenvalue weighted by Crippen LogP contribution is 2.21. The Bertz CT molecular complexity index is 656. The van der Waals surface area contributed by atoms with Gasteiger partial charge in [-0.1, -0.05) is 23.6 Å². The molecule has 0 saturated carbocycles. The first kappa shape index (κ1) is 12.4. The van der Waals surface area contributed by atoms with Crippen LogP contribution in [0.3, 0.4) is 0 Å². The van der Waals surface area contributed by atoms with Gasteiger partial charge in [-0.15, -0.1) is 0 Å². The molecule has 0 saturated heterocycles. The molecule has 90 valence electrons. The molecule has 2 aromatic rings. The second-order valence-corrected chi connectivity index (χ2v) is 3.90. The van der Waals surface area contributed by atoms with Gasteiger partial charge in [0.25, 0.3) is 0 Å². The Balaban J connectivity index is 2.34. The number of carbonyl (C=O) groups is 1. The van der Waals surface area contributed by atoms with Crippen molar-refractivity contribution in [2.24, 2.45) is 0 Å². The Morgan fingerprint density at radius 3 is 3.06 bits per heavy atom. The molecule has 1 heterocycles. The first-order chi connectivity index (χ1) is 8.70. The van der Waals surface area contributed by atoms with Gasteiger partial charge in [0.1, 0.15) is 0 Å². The van der Waals surface area contributed by atoms with E-state index in [0.717, 1.165) is 10.9 Å². The highest BCUT2D eigenvalue weighted by Gasteiger charge is 2.00. The van der Waals surface area contributed by atoms with E-state index in [4.69, 9.17) is 16.3 Å². The summed E-state index contributed by atoms with van der Waals surface area (Å²) in [6.07, 6.45) is 1.63. The first-order valence-electron chi connectivity index (χ1n) is 5.43. The fourth-order valence-corrected chi connectivity index (χ4v) is 1.70. The van der Waals surface area contributed by atoms with Crippen LogP contribution >= 0.6 is 11.6 Å². The van der Waals surface area contributed by atoms with E-state index in [2.05, 4.69) is 16.8 Å². The standard InChI is InChI=1S/C14H10ClNO2/c1-2-18-14(17)6-4-10-3-5-11-12(15)7-8-16-13(11)9-10/h3,5,7-9H,2H2,1H3. The smallest absolute Gasteiger partial charge is 0.384 e. The molecule has 0 atom stereocenters. The van der Waals surface area contributed by atoms with E-state index in [1.807, 2.05) is 6.07 Å². The lowest BCUT2D eigenvalue weighted by Crippen LogP contribution is -1.99. The van der Waals surface area contributed by atoms with E-state index in [0.29, 0.717) is 17.2 Å². The normalized spacial score (nSPS) is 9.67. The number of rotatable bonds is 1. The molecule has 2 rings (SSSR count). The summed E-state index contributed by atoms with van der Waals surface area (Å²) in [5.74, 6) is 4.61. The Labute approximate surface area is 110 Å². The molecule has 3 nitrogen and oxygen atoms in total. The van der Waals surface area contributed by atoms with Gasteiger partial charge in [-0.25, -0.2) is 4.79 Å². The number of benzene rings is 1. The number of nitrogens with zero attached hydrogens (tertiary/aromatic N) is 1. The second kappa shape index (κ2) is 5.52. The SMILES string of the molecule is CCOC(=O)C#Cc1ccc2c(Cl)ccnc2c1. The van der Waals surface area contributed by atoms with Crippen LogP contribution in [0.2, 0.25) is 5.02 Å². The van der Waals surface area contributed by atoms with Gasteiger partial charge in [-0.2, -0.15) is 0 Å². The summed E-state index contributed by atoms with van der Waals surface area (Å²) in [6, 6.07) is 7.14. The molecule has 1 aromatic heterocycles. The van der Waals surface area contributed by atoms with Gasteiger partial charge in [0.15, 0.2) is 0 Å². The maximum absolute atomic E-state index is 11.1. The summed E-state index contributed by atoms with van der Waals surface area (Å²) in [5, 5.41) is 1.51. The third kappa shape index (κ3) is 2.79. The van der Waals surface area contributed by atoms with Crippen LogP contribution in [0, 0.1) is 11.8 Å². The van der Waals surface area contributed by atoms with Crippen LogP contribution in [-0.2, 0) is 9.53 Å². The molecule has 0 N–H and O–H groups in total. The molecular weight excluding hydrogens is 250 g/mol. The van der Waals surface area contributed by atoms with E-state index in [-0.39, 0.29) is 0 Å². The molecule has 18 heavy (non-hydrogen) atoms. The number of ether oxygens (including phenoxy) is 1. The average Bonchev–Trinajstić information content (AvgIpc) is 2.37. The molecule has 0 fully saturated rings. The van der Waals surface area contributed by atoms with Crippen molar-refractivity contribution in [1.82, 2.24) is 4.98 Å². The topological polar surface area (TPSA) is 39.2 Å². The maximum atomic E-state index is 11.1. The molecule has 4 heteroatoms. The van der Waals surface area contributed by atoms with Crippen molar-refractivity contribution < 1.29 is 9.53 Å². The van der Waals surface area contributed by atoms with Gasteiger partial charge < -0.3 is 4.74 Å². The number of aromatic nitrogens is 1. The molecule has 0 bridgehead atoms. The van der Waals surface area contributed by atoms with E-state index < -0.39 is 5.97 Å². The van der Waals surface area contributed by atoms with Gasteiger partial charge >= 0.3 is 5.97 Å². The Morgan fingerprint density at radius 2 is 2.28 bits per heavy atom. The van der Waals surface area contributed by atoms with Gasteiger partial charge in [0.2, 0.25) is 0 Å². The van der Waals surface area contributed by atoms with Crippen molar-refractivity contribution >= 4 is 28.5 Å². The minimum Gasteiger partial charge on any atom is -0.456 e. The highest BCUT2D eigenvalue weighted by atomic mass is 35.5. The van der Waals surface area contributed by atoms with Crippen LogP contribution in [0.1, 0.15) is 12.5 Å². The minimum absolute atomic E-state index is 0.322. The summed E-state index contributed by atoms with van der Waals surface area (Å²) >= 11 is 6.03. The maximum Gasteiger partial charge on any atom is 0.384 e. The van der Waals surface area contributed by atoms with Crippen LogP contribution < -0.4 is 0 Å². The van der Waals surface area contributed by atoms with Crippen LogP contribution in [-0.4, -0.2) is 17.6 Å². The molecule has 1 aromatic carbocycles. The molecular formula is C14H10ClNO2. The van der Waals surface area contributed by atoms with Crippen LogP contribution in [0.25, 0.3) is 10.9 Å². The number of carbonyl (C=O) groups excluding carboxylic acids is 1. The number of hydrogen-bond donors (Lipinski definition) is 0. The number of esters is 1. The number of halogens is 1. The first-order valence-corrected chi connectivity index (χ1v) is 5.81. The predicted molar refractivity (Wildman–Crippen MR) is 70.3 cm³/mol. The number of fused-ring (bicyclic) bond motifs is 1. The minimum atomic E-state index is -0.531. The quantitative estimate of drug-likeness (QED) is 0.584. The summed E-state index contributed by atoms with van der Waals surface area (Å²) in [5.41, 5.74) is 1.45. The van der Waals surface area contributed by atoms with Crippen molar-refractivity contribution in [1.29, 1.82) is 0 Å². The van der Waals surface area contributed by atoms with Gasteiger partial charge in [0.05, 0.1) is 17.1 Å². The molecule has 0 aliphatic rings. The lowest BCUT2D eigenvalue weighted by atomic mass is 10.1. The lowest BCUT2D eigenvalue weighted by Gasteiger charge is -1.99. The fraction of sp³-hybridized carbons (Fsp3) is 0.143. The van der Waals surface area contributed by atoms with Crippen molar-refractivity contribution in [2.75, 3.05) is 6.61 Å². The Morgan fingerprint density at radius 1 is 1.44 bits per heavy atom. The number of pyridine rings is 1. The third-order valence-electron chi connectivity index (χ3n) is 2.27. The van der Waals surface area contributed by atoms with Gasteiger partial charge in [-0.05, 0) is 25.1 Å². The largest absolute Gasteiger partial charge is 0.456 e. The van der Waals surface area contributed by atoms with E-state index in [9.17, 15) is 4.79 Å². The molecule has 0 spiro atoms. The Hall–Kier alpha value is -2.05. The van der Waals surface area contributed by atoms with Crippen molar-refractivity contribution in [3.8, 4) is 11.8 Å². The van der Waals surface area contributed by atoms with Crippen molar-refractivity contribution in [3.05, 3.63) is 41.0 Å². The third-order valence-corrected chi connectivity index (χ3v) is 2.60. The average molecular weight is 260 g/mol. The fourth-order valence-electron chi connectivity index (χ4n) is 1.48. The summed E-state index contributed by atoms with van der Waals surface area (Å²) in [6.45, 7) is 2.06. The predicted octanol–water partition coefficient (Wildman–Crippen LogP) is 2.80. The summed E-state index contributed by atoms with van der Waals surface area (Å²) < 4.78 is 4.72. The summed E-state index contributed by atoms with van der Waals surface area (Å²) in [7, 11) is 0. The molecule has 0 aliphatic carbocycles. The lowest BCUT2D eigenvalue weighted by molar-refractivity contribution is -0.136. The zero-order valence-corrected chi connectivity index (χ0v) is 10.5. The monoisotopic (exact) mass is 259 g/mol. The van der Waals surface area contributed by atoms with Gasteiger partial charge in [-0.3, -0.25) is 4.98 Å². The van der Waals surface area contributed by atoms with E-state index >= 15 is 0 Å². The van der Waals surface area contributed by atoms with E-state index in [1.165, 1.54) is 0 Å².